The number of benzene rings is 2. The number of hydrogen-bond acceptors (Lipinski definition) is 6. The van der Waals surface area contributed by atoms with Crippen LogP contribution >= 0.6 is 23.6 Å². The Morgan fingerprint density at radius 2 is 2.04 bits per heavy atom. The van der Waals surface area contributed by atoms with Gasteiger partial charge in [0, 0.05) is 29.5 Å². The van der Waals surface area contributed by atoms with E-state index in [4.69, 9.17) is 17.0 Å². The topological polar surface area (TPSA) is 67.0 Å². The van der Waals surface area contributed by atoms with Gasteiger partial charge in [-0.3, -0.25) is 9.56 Å². The summed E-state index contributed by atoms with van der Waals surface area (Å²) in [5.74, 6) is 0.893. The highest BCUT2D eigenvalue weighted by atomic mass is 32.1. The van der Waals surface area contributed by atoms with Crippen LogP contribution in [0.4, 0.5) is 5.69 Å². The summed E-state index contributed by atoms with van der Waals surface area (Å²) in [6.45, 7) is 0. The molecule has 130 valence electrons. The molecule has 7 heteroatoms. The van der Waals surface area contributed by atoms with Crippen molar-refractivity contribution in [3.63, 3.8) is 0 Å². The lowest BCUT2D eigenvalue weighted by Gasteiger charge is -2.05. The smallest absolute Gasteiger partial charge is 0.215 e. The summed E-state index contributed by atoms with van der Waals surface area (Å²) in [5, 5.41) is 20.3. The number of rotatable bonds is 3. The average molecular weight is 382 g/mol. The highest BCUT2D eigenvalue weighted by Crippen LogP contribution is 2.38. The molecule has 1 aliphatic heterocycles. The normalized spacial score (nSPS) is 14.0. The fourth-order valence-corrected chi connectivity index (χ4v) is 4.09. The second kappa shape index (κ2) is 6.44. The van der Waals surface area contributed by atoms with Crippen LogP contribution in [-0.4, -0.2) is 28.1 Å². The molecular formula is C19H14N2O3S2. The number of aliphatic imine (C=N–C) groups is 1. The van der Waals surface area contributed by atoms with Crippen LogP contribution in [-0.2, 0) is 0 Å². The maximum atomic E-state index is 10.7. The first-order valence-corrected chi connectivity index (χ1v) is 8.97. The summed E-state index contributed by atoms with van der Waals surface area (Å²) in [6, 6.07) is 12.3. The van der Waals surface area contributed by atoms with Crippen LogP contribution in [0.3, 0.4) is 0 Å². The maximum Gasteiger partial charge on any atom is 0.215 e. The van der Waals surface area contributed by atoms with Crippen LogP contribution in [0.15, 0.2) is 47.5 Å². The van der Waals surface area contributed by atoms with E-state index in [0.29, 0.717) is 14.5 Å². The molecule has 2 heterocycles. The van der Waals surface area contributed by atoms with Crippen LogP contribution in [0.1, 0.15) is 10.4 Å². The number of phenols is 1. The molecule has 4 rings (SSSR count). The Morgan fingerprint density at radius 1 is 1.19 bits per heavy atom. The van der Waals surface area contributed by atoms with Gasteiger partial charge in [-0.25, -0.2) is 0 Å². The summed E-state index contributed by atoms with van der Waals surface area (Å²) in [4.78, 5) is 5.03. The standard InChI is InChI=1S/C19H14N2O3S2/c1-24-14-5-6-15-11(10-20-16(15)9-14)7-17-18(23)21(19(25)26-17)12-3-2-4-13(22)8-12/h2-10,22-23H,1H3/b11-7+. The number of methoxy groups -OCH3 is 1. The molecule has 2 aromatic carbocycles. The van der Waals surface area contributed by atoms with Crippen molar-refractivity contribution in [1.29, 1.82) is 0 Å². The van der Waals surface area contributed by atoms with Gasteiger partial charge in [0.15, 0.2) is 3.95 Å². The van der Waals surface area contributed by atoms with Gasteiger partial charge in [-0.1, -0.05) is 6.07 Å². The Morgan fingerprint density at radius 3 is 2.81 bits per heavy atom. The van der Waals surface area contributed by atoms with Gasteiger partial charge in [0.2, 0.25) is 5.88 Å². The first-order chi connectivity index (χ1) is 12.6. The largest absolute Gasteiger partial charge is 0.508 e. The van der Waals surface area contributed by atoms with Crippen LogP contribution < -0.4 is 4.74 Å². The molecule has 0 aliphatic carbocycles. The Labute approximate surface area is 158 Å². The predicted molar refractivity (Wildman–Crippen MR) is 107 cm³/mol. The van der Waals surface area contributed by atoms with E-state index in [1.165, 1.54) is 15.9 Å². The fourth-order valence-electron chi connectivity index (χ4n) is 2.79. The van der Waals surface area contributed by atoms with Gasteiger partial charge in [0.1, 0.15) is 11.5 Å². The molecule has 1 aliphatic rings. The van der Waals surface area contributed by atoms with Crippen molar-refractivity contribution in [3.05, 3.63) is 56.9 Å². The number of nitrogens with zero attached hydrogens (tertiary/aromatic N) is 2. The van der Waals surface area contributed by atoms with Crippen LogP contribution in [0.25, 0.3) is 17.3 Å². The minimum atomic E-state index is 0.0356. The van der Waals surface area contributed by atoms with E-state index in [9.17, 15) is 10.2 Å². The number of ether oxygens (including phenoxy) is 1. The molecule has 0 saturated heterocycles. The molecule has 0 unspecified atom stereocenters. The first-order valence-electron chi connectivity index (χ1n) is 7.75. The van der Waals surface area contributed by atoms with Crippen molar-refractivity contribution >= 4 is 47.1 Å². The highest BCUT2D eigenvalue weighted by molar-refractivity contribution is 7.73. The number of aromatic nitrogens is 1. The lowest BCUT2D eigenvalue weighted by Crippen LogP contribution is -1.92. The van der Waals surface area contributed by atoms with Crippen molar-refractivity contribution in [1.82, 2.24) is 4.57 Å². The number of thiazole rings is 1. The molecule has 0 radical (unpaired) electrons. The fraction of sp³-hybridized carbons (Fsp3) is 0.0526. The molecule has 0 spiro atoms. The predicted octanol–water partition coefficient (Wildman–Crippen LogP) is 4.94. The SMILES string of the molecule is COc1ccc2c(c1)N=C/C2=C\c1sc(=S)n(-c2cccc(O)c2)c1O. The average Bonchev–Trinajstić information content (AvgIpc) is 3.15. The number of hydrogen-bond donors (Lipinski definition) is 2. The highest BCUT2D eigenvalue weighted by Gasteiger charge is 2.17. The molecule has 0 fully saturated rings. The Bertz CT molecular complexity index is 1130. The van der Waals surface area contributed by atoms with Gasteiger partial charge in [0.25, 0.3) is 0 Å². The summed E-state index contributed by atoms with van der Waals surface area (Å²) >= 11 is 6.69. The van der Waals surface area contributed by atoms with Crippen molar-refractivity contribution in [3.8, 4) is 23.1 Å². The first kappa shape index (κ1) is 16.6. The van der Waals surface area contributed by atoms with Crippen LogP contribution in [0, 0.1) is 3.95 Å². The van der Waals surface area contributed by atoms with Crippen molar-refractivity contribution < 1.29 is 14.9 Å². The van der Waals surface area contributed by atoms with Crippen molar-refractivity contribution in [2.75, 3.05) is 7.11 Å². The van der Waals surface area contributed by atoms with E-state index in [-0.39, 0.29) is 11.6 Å². The Balaban J connectivity index is 1.78. The summed E-state index contributed by atoms with van der Waals surface area (Å²) in [6.07, 6.45) is 3.61. The molecule has 0 bridgehead atoms. The van der Waals surface area contributed by atoms with E-state index in [1.807, 2.05) is 24.3 Å². The third kappa shape index (κ3) is 2.81. The molecule has 2 N–H and O–H groups in total. The summed E-state index contributed by atoms with van der Waals surface area (Å²) in [7, 11) is 1.62. The van der Waals surface area contributed by atoms with Crippen molar-refractivity contribution in [2.24, 2.45) is 4.99 Å². The number of allylic oxidation sites excluding steroid dienone is 1. The van der Waals surface area contributed by atoms with Crippen LogP contribution in [0.2, 0.25) is 0 Å². The second-order valence-electron chi connectivity index (χ2n) is 5.65. The molecule has 0 atom stereocenters. The molecular weight excluding hydrogens is 368 g/mol. The van der Waals surface area contributed by atoms with E-state index in [2.05, 4.69) is 4.99 Å². The zero-order valence-electron chi connectivity index (χ0n) is 13.7. The molecule has 3 aromatic rings. The number of aromatic hydroxyl groups is 2. The van der Waals surface area contributed by atoms with Gasteiger partial charge in [-0.05, 0) is 42.6 Å². The molecule has 26 heavy (non-hydrogen) atoms. The molecule has 0 amide bonds. The van der Waals surface area contributed by atoms with Gasteiger partial charge >= 0.3 is 0 Å². The second-order valence-corrected chi connectivity index (χ2v) is 7.33. The van der Waals surface area contributed by atoms with Crippen LogP contribution in [0.5, 0.6) is 17.4 Å². The number of phenolic OH excluding ortho intramolecular Hbond substituents is 1. The number of fused-ring (bicyclic) bond motifs is 1. The maximum absolute atomic E-state index is 10.7. The molecule has 5 nitrogen and oxygen atoms in total. The van der Waals surface area contributed by atoms with Gasteiger partial charge in [0.05, 0.1) is 23.4 Å². The van der Waals surface area contributed by atoms with E-state index in [1.54, 1.807) is 37.6 Å². The van der Waals surface area contributed by atoms with Gasteiger partial charge < -0.3 is 14.9 Å². The quantitative estimate of drug-likeness (QED) is 0.630. The third-order valence-electron chi connectivity index (χ3n) is 4.05. The monoisotopic (exact) mass is 382 g/mol. The van der Waals surface area contributed by atoms with E-state index in [0.717, 1.165) is 22.6 Å². The molecule has 0 saturated carbocycles. The Hall–Kier alpha value is -2.90. The summed E-state index contributed by atoms with van der Waals surface area (Å²) in [5.41, 5.74) is 3.29. The van der Waals surface area contributed by atoms with Crippen molar-refractivity contribution in [2.45, 2.75) is 0 Å². The zero-order valence-corrected chi connectivity index (χ0v) is 15.3. The zero-order chi connectivity index (χ0) is 18.3. The van der Waals surface area contributed by atoms with E-state index < -0.39 is 0 Å². The summed E-state index contributed by atoms with van der Waals surface area (Å²) < 4.78 is 7.25. The van der Waals surface area contributed by atoms with E-state index >= 15 is 0 Å². The lowest BCUT2D eigenvalue weighted by molar-refractivity contribution is 0.415. The lowest BCUT2D eigenvalue weighted by atomic mass is 10.1. The minimum absolute atomic E-state index is 0.0356. The van der Waals surface area contributed by atoms with Gasteiger partial charge in [-0.2, -0.15) is 0 Å². The van der Waals surface area contributed by atoms with Gasteiger partial charge in [-0.15, -0.1) is 11.3 Å². The molecule has 1 aromatic heterocycles. The Kier molecular flexibility index (Phi) is 4.10. The minimum Gasteiger partial charge on any atom is -0.508 e. The third-order valence-corrected chi connectivity index (χ3v) is 5.36.